The van der Waals surface area contributed by atoms with E-state index >= 15 is 0 Å². The van der Waals surface area contributed by atoms with E-state index in [1.165, 1.54) is 13.2 Å². The van der Waals surface area contributed by atoms with Crippen molar-refractivity contribution in [2.75, 3.05) is 19.0 Å². The molecular weight excluding hydrogens is 393 g/mol. The molecule has 0 fully saturated rings. The van der Waals surface area contributed by atoms with E-state index in [9.17, 15) is 9.59 Å². The molecule has 27 heavy (non-hydrogen) atoms. The maximum atomic E-state index is 12.3. The van der Waals surface area contributed by atoms with Gasteiger partial charge in [0.25, 0.3) is 5.91 Å². The number of ether oxygens (including phenoxy) is 3. The SMILES string of the molecule is COC(=O)C1CCc2cccc(NC(=O)COc3ccc(Cl)c(Cl)c3)c2O1. The van der Waals surface area contributed by atoms with Crippen molar-refractivity contribution in [2.24, 2.45) is 0 Å². The molecule has 6 nitrogen and oxygen atoms in total. The molecule has 2 aromatic rings. The Bertz CT molecular complexity index is 871. The standard InChI is InChI=1S/C19H17Cl2NO5/c1-25-19(24)16-8-5-11-3-2-4-15(18(11)27-16)22-17(23)10-26-12-6-7-13(20)14(21)9-12/h2-4,6-7,9,16H,5,8,10H2,1H3,(H,22,23). The number of halogens is 2. The number of methoxy groups -OCH3 is 1. The number of benzene rings is 2. The van der Waals surface area contributed by atoms with Gasteiger partial charge in [0.2, 0.25) is 0 Å². The Kier molecular flexibility index (Phi) is 6.08. The number of fused-ring (bicyclic) bond motifs is 1. The van der Waals surface area contributed by atoms with E-state index in [4.69, 9.17) is 37.4 Å². The topological polar surface area (TPSA) is 73.9 Å². The lowest BCUT2D eigenvalue weighted by molar-refractivity contribution is -0.149. The molecular formula is C19H17Cl2NO5. The second-order valence-corrected chi connectivity index (χ2v) is 6.69. The largest absolute Gasteiger partial charge is 0.484 e. The van der Waals surface area contributed by atoms with E-state index in [2.05, 4.69) is 5.32 Å². The maximum Gasteiger partial charge on any atom is 0.347 e. The summed E-state index contributed by atoms with van der Waals surface area (Å²) >= 11 is 11.8. The van der Waals surface area contributed by atoms with Crippen LogP contribution in [0, 0.1) is 0 Å². The number of nitrogens with one attached hydrogen (secondary N) is 1. The Hall–Kier alpha value is -2.44. The number of aryl methyl sites for hydroxylation is 1. The zero-order valence-corrected chi connectivity index (χ0v) is 16.0. The average Bonchev–Trinajstić information content (AvgIpc) is 2.68. The zero-order chi connectivity index (χ0) is 19.4. The van der Waals surface area contributed by atoms with Crippen molar-refractivity contribution in [3.63, 3.8) is 0 Å². The summed E-state index contributed by atoms with van der Waals surface area (Å²) in [5, 5.41) is 3.49. The van der Waals surface area contributed by atoms with Crippen molar-refractivity contribution in [1.29, 1.82) is 0 Å². The van der Waals surface area contributed by atoms with E-state index in [1.54, 1.807) is 18.2 Å². The number of carbonyl (C=O) groups is 2. The fourth-order valence-electron chi connectivity index (χ4n) is 2.71. The lowest BCUT2D eigenvalue weighted by Gasteiger charge is -2.26. The number of hydrogen-bond acceptors (Lipinski definition) is 5. The van der Waals surface area contributed by atoms with Gasteiger partial charge in [0.05, 0.1) is 22.8 Å². The van der Waals surface area contributed by atoms with Crippen molar-refractivity contribution < 1.29 is 23.8 Å². The van der Waals surface area contributed by atoms with Crippen molar-refractivity contribution in [3.8, 4) is 11.5 Å². The summed E-state index contributed by atoms with van der Waals surface area (Å²) < 4.78 is 15.9. The summed E-state index contributed by atoms with van der Waals surface area (Å²) in [5.74, 6) is 0.0849. The Balaban J connectivity index is 1.66. The number of rotatable bonds is 5. The van der Waals surface area contributed by atoms with Crippen molar-refractivity contribution >= 4 is 40.8 Å². The molecule has 0 spiro atoms. The van der Waals surface area contributed by atoms with Gasteiger partial charge in [0, 0.05) is 6.07 Å². The van der Waals surface area contributed by atoms with Crippen LogP contribution in [0.4, 0.5) is 5.69 Å². The number of amides is 1. The van der Waals surface area contributed by atoms with Crippen molar-refractivity contribution in [1.82, 2.24) is 0 Å². The quantitative estimate of drug-likeness (QED) is 0.758. The Morgan fingerprint density at radius 1 is 1.22 bits per heavy atom. The van der Waals surface area contributed by atoms with Crippen LogP contribution in [0.5, 0.6) is 11.5 Å². The van der Waals surface area contributed by atoms with Gasteiger partial charge in [-0.2, -0.15) is 0 Å². The molecule has 0 aromatic heterocycles. The van der Waals surface area contributed by atoms with Crippen LogP contribution in [-0.4, -0.2) is 31.7 Å². The third-order valence-corrected chi connectivity index (χ3v) is 4.77. The molecule has 1 N–H and O–H groups in total. The molecule has 8 heteroatoms. The maximum absolute atomic E-state index is 12.3. The first-order valence-electron chi connectivity index (χ1n) is 8.22. The predicted octanol–water partition coefficient (Wildman–Crippen LogP) is 3.88. The van der Waals surface area contributed by atoms with Gasteiger partial charge in [-0.3, -0.25) is 4.79 Å². The summed E-state index contributed by atoms with van der Waals surface area (Å²) in [6, 6.07) is 10.2. The van der Waals surface area contributed by atoms with Gasteiger partial charge < -0.3 is 19.5 Å². The highest BCUT2D eigenvalue weighted by atomic mass is 35.5. The highest BCUT2D eigenvalue weighted by Crippen LogP contribution is 2.35. The van der Waals surface area contributed by atoms with E-state index in [0.29, 0.717) is 40.1 Å². The second kappa shape index (κ2) is 8.50. The molecule has 1 aliphatic rings. The van der Waals surface area contributed by atoms with Gasteiger partial charge in [-0.1, -0.05) is 35.3 Å². The number of anilines is 1. The third kappa shape index (κ3) is 4.64. The molecule has 1 heterocycles. The van der Waals surface area contributed by atoms with Gasteiger partial charge in [-0.15, -0.1) is 0 Å². The molecule has 0 saturated heterocycles. The monoisotopic (exact) mass is 409 g/mol. The molecule has 2 aromatic carbocycles. The minimum Gasteiger partial charge on any atom is -0.484 e. The number of esters is 1. The lowest BCUT2D eigenvalue weighted by Crippen LogP contribution is -2.33. The minimum absolute atomic E-state index is 0.220. The molecule has 142 valence electrons. The first-order valence-corrected chi connectivity index (χ1v) is 8.97. The first-order chi connectivity index (χ1) is 13.0. The fourth-order valence-corrected chi connectivity index (χ4v) is 2.99. The summed E-state index contributed by atoms with van der Waals surface area (Å²) in [6.07, 6.45) is 0.490. The van der Waals surface area contributed by atoms with E-state index in [-0.39, 0.29) is 12.5 Å². The highest BCUT2D eigenvalue weighted by molar-refractivity contribution is 6.42. The van der Waals surface area contributed by atoms with Crippen LogP contribution in [0.1, 0.15) is 12.0 Å². The first kappa shape index (κ1) is 19.3. The van der Waals surface area contributed by atoms with Gasteiger partial charge in [-0.05, 0) is 36.6 Å². The molecule has 0 saturated carbocycles. The second-order valence-electron chi connectivity index (χ2n) is 5.87. The Labute approximate surface area is 166 Å². The summed E-state index contributed by atoms with van der Waals surface area (Å²) in [6.45, 7) is -0.220. The normalized spacial score (nSPS) is 15.3. The van der Waals surface area contributed by atoms with Crippen LogP contribution in [0.25, 0.3) is 0 Å². The van der Waals surface area contributed by atoms with Crippen LogP contribution < -0.4 is 14.8 Å². The molecule has 1 unspecified atom stereocenters. The van der Waals surface area contributed by atoms with Crippen molar-refractivity contribution in [2.45, 2.75) is 18.9 Å². The Morgan fingerprint density at radius 3 is 2.78 bits per heavy atom. The van der Waals surface area contributed by atoms with Gasteiger partial charge in [0.1, 0.15) is 11.5 Å². The number of carbonyl (C=O) groups excluding carboxylic acids is 2. The summed E-state index contributed by atoms with van der Waals surface area (Å²) in [7, 11) is 1.31. The highest BCUT2D eigenvalue weighted by Gasteiger charge is 2.28. The van der Waals surface area contributed by atoms with Crippen LogP contribution >= 0.6 is 23.2 Å². The predicted molar refractivity (Wildman–Crippen MR) is 102 cm³/mol. The van der Waals surface area contributed by atoms with Crippen molar-refractivity contribution in [3.05, 3.63) is 52.0 Å². The smallest absolute Gasteiger partial charge is 0.347 e. The molecule has 1 aliphatic heterocycles. The molecule has 0 bridgehead atoms. The number of para-hydroxylation sites is 1. The number of hydrogen-bond donors (Lipinski definition) is 1. The molecule has 0 aliphatic carbocycles. The van der Waals surface area contributed by atoms with E-state index in [1.807, 2.05) is 12.1 Å². The van der Waals surface area contributed by atoms with Crippen LogP contribution in [0.2, 0.25) is 10.0 Å². The van der Waals surface area contributed by atoms with E-state index < -0.39 is 12.1 Å². The fraction of sp³-hybridized carbons (Fsp3) is 0.263. The molecule has 1 atom stereocenters. The van der Waals surface area contributed by atoms with Crippen LogP contribution in [0.3, 0.4) is 0 Å². The van der Waals surface area contributed by atoms with Gasteiger partial charge >= 0.3 is 5.97 Å². The van der Waals surface area contributed by atoms with E-state index in [0.717, 1.165) is 5.56 Å². The van der Waals surface area contributed by atoms with Crippen LogP contribution in [0.15, 0.2) is 36.4 Å². The summed E-state index contributed by atoms with van der Waals surface area (Å²) in [4.78, 5) is 24.0. The van der Waals surface area contributed by atoms with Crippen LogP contribution in [-0.2, 0) is 20.7 Å². The zero-order valence-electron chi connectivity index (χ0n) is 14.5. The molecule has 0 radical (unpaired) electrons. The Morgan fingerprint density at radius 2 is 2.04 bits per heavy atom. The molecule has 1 amide bonds. The lowest BCUT2D eigenvalue weighted by atomic mass is 10.0. The van der Waals surface area contributed by atoms with Gasteiger partial charge in [-0.25, -0.2) is 4.79 Å². The minimum atomic E-state index is -0.687. The average molecular weight is 410 g/mol. The third-order valence-electron chi connectivity index (χ3n) is 4.03. The summed E-state index contributed by atoms with van der Waals surface area (Å²) in [5.41, 5.74) is 1.39. The van der Waals surface area contributed by atoms with Gasteiger partial charge in [0.15, 0.2) is 12.7 Å². The molecule has 3 rings (SSSR count).